The molecular weight excluding hydrogens is 429 g/mol. The van der Waals surface area contributed by atoms with E-state index in [0.717, 1.165) is 57.4 Å². The molecule has 1 aromatic carbocycles. The summed E-state index contributed by atoms with van der Waals surface area (Å²) in [5.74, 6) is -0.316. The summed E-state index contributed by atoms with van der Waals surface area (Å²) in [7, 11) is 0. The predicted octanol–water partition coefficient (Wildman–Crippen LogP) is 6.80. The van der Waals surface area contributed by atoms with Crippen LogP contribution >= 0.6 is 33.2 Å². The Morgan fingerprint density at radius 2 is 1.52 bits per heavy atom. The lowest BCUT2D eigenvalue weighted by atomic mass is 10.1. The number of carbonyl (C=O) groups is 1. The summed E-state index contributed by atoms with van der Waals surface area (Å²) in [5, 5.41) is 10.9. The first-order valence-corrected chi connectivity index (χ1v) is 14.5. The lowest BCUT2D eigenvalue weighted by Gasteiger charge is -2.07. The van der Waals surface area contributed by atoms with Gasteiger partial charge in [-0.3, -0.25) is 14.9 Å². The van der Waals surface area contributed by atoms with Gasteiger partial charge in [-0.05, 0) is 18.5 Å². The molecule has 152 valence electrons. The second kappa shape index (κ2) is 13.4. The molecule has 0 aromatic heterocycles. The van der Waals surface area contributed by atoms with Crippen LogP contribution in [0.5, 0.6) is 0 Å². The molecule has 0 bridgehead atoms. The van der Waals surface area contributed by atoms with Crippen molar-refractivity contribution in [2.45, 2.75) is 70.4 Å². The number of esters is 1. The van der Waals surface area contributed by atoms with E-state index in [1.807, 2.05) is 0 Å². The molecule has 0 fully saturated rings. The topological polar surface area (TPSA) is 69.4 Å². The SMILES string of the molecule is O=C(CCCCCCCCCC[Si](Cl)(Cl)Cl)OCc1ccccc1[N+](=O)[O-]. The third-order valence-corrected chi connectivity index (χ3v) is 6.79. The highest BCUT2D eigenvalue weighted by Gasteiger charge is 2.23. The van der Waals surface area contributed by atoms with Crippen molar-refractivity contribution >= 4 is 50.9 Å². The minimum absolute atomic E-state index is 0.0264. The minimum atomic E-state index is -2.45. The van der Waals surface area contributed by atoms with Gasteiger partial charge in [0.1, 0.15) is 6.61 Å². The highest BCUT2D eigenvalue weighted by Crippen LogP contribution is 2.27. The van der Waals surface area contributed by atoms with Gasteiger partial charge in [-0.25, -0.2) is 0 Å². The maximum Gasteiger partial charge on any atom is 0.341 e. The van der Waals surface area contributed by atoms with E-state index in [1.165, 1.54) is 6.07 Å². The van der Waals surface area contributed by atoms with Gasteiger partial charge in [0.15, 0.2) is 0 Å². The molecule has 1 rings (SSSR count). The molecular formula is C18H26Cl3NO4Si. The van der Waals surface area contributed by atoms with Crippen molar-refractivity contribution in [2.75, 3.05) is 0 Å². The first-order valence-electron chi connectivity index (χ1n) is 9.24. The smallest absolute Gasteiger partial charge is 0.341 e. The number of para-hydroxylation sites is 1. The Hall–Kier alpha value is -0.823. The Morgan fingerprint density at radius 1 is 0.963 bits per heavy atom. The lowest BCUT2D eigenvalue weighted by Crippen LogP contribution is -2.07. The van der Waals surface area contributed by atoms with Gasteiger partial charge in [-0.1, -0.05) is 57.1 Å². The molecule has 0 amide bonds. The summed E-state index contributed by atoms with van der Waals surface area (Å²) in [5.41, 5.74) is 0.384. The molecule has 1 aromatic rings. The van der Waals surface area contributed by atoms with E-state index in [1.54, 1.807) is 18.2 Å². The van der Waals surface area contributed by atoms with E-state index in [9.17, 15) is 14.9 Å². The minimum Gasteiger partial charge on any atom is -0.461 e. The molecule has 0 saturated heterocycles. The van der Waals surface area contributed by atoms with E-state index in [-0.39, 0.29) is 18.3 Å². The summed E-state index contributed by atoms with van der Waals surface area (Å²) < 4.78 is 5.15. The van der Waals surface area contributed by atoms with Gasteiger partial charge in [0.25, 0.3) is 5.69 Å². The Bertz CT molecular complexity index is 596. The largest absolute Gasteiger partial charge is 0.461 e. The monoisotopic (exact) mass is 453 g/mol. The average molecular weight is 455 g/mol. The van der Waals surface area contributed by atoms with E-state index < -0.39 is 10.9 Å². The number of rotatable bonds is 14. The number of unbranched alkanes of at least 4 members (excludes halogenated alkanes) is 7. The zero-order valence-electron chi connectivity index (χ0n) is 15.3. The summed E-state index contributed by atoms with van der Waals surface area (Å²) in [6.45, 7) is -0.0625. The van der Waals surface area contributed by atoms with Gasteiger partial charge in [-0.2, -0.15) is 0 Å². The van der Waals surface area contributed by atoms with Crippen LogP contribution in [0.3, 0.4) is 0 Å². The van der Waals surface area contributed by atoms with Crippen molar-refractivity contribution in [3.05, 3.63) is 39.9 Å². The van der Waals surface area contributed by atoms with E-state index >= 15 is 0 Å². The molecule has 0 spiro atoms. The second-order valence-corrected chi connectivity index (χ2v) is 15.8. The molecule has 5 nitrogen and oxygen atoms in total. The van der Waals surface area contributed by atoms with E-state index in [4.69, 9.17) is 38.0 Å². The first kappa shape index (κ1) is 24.2. The number of ether oxygens (including phenoxy) is 1. The number of hydrogen-bond acceptors (Lipinski definition) is 4. The van der Waals surface area contributed by atoms with Gasteiger partial charge in [0.05, 0.1) is 10.5 Å². The maximum atomic E-state index is 11.8. The summed E-state index contributed by atoms with van der Waals surface area (Å²) in [6, 6.07) is 4.56. The zero-order valence-corrected chi connectivity index (χ0v) is 18.6. The number of hydrogen-bond donors (Lipinski definition) is 0. The molecule has 0 radical (unpaired) electrons. The Kier molecular flexibility index (Phi) is 12.0. The van der Waals surface area contributed by atoms with Crippen molar-refractivity contribution in [2.24, 2.45) is 0 Å². The molecule has 0 atom stereocenters. The normalized spacial score (nSPS) is 11.4. The van der Waals surface area contributed by atoms with Crippen molar-refractivity contribution in [1.82, 2.24) is 0 Å². The maximum absolute atomic E-state index is 11.8. The molecule has 27 heavy (non-hydrogen) atoms. The van der Waals surface area contributed by atoms with Crippen molar-refractivity contribution in [3.63, 3.8) is 0 Å². The van der Waals surface area contributed by atoms with Crippen LogP contribution in [0.15, 0.2) is 24.3 Å². The molecule has 0 aliphatic carbocycles. The number of nitro benzene ring substituents is 1. The molecule has 0 heterocycles. The fourth-order valence-electron chi connectivity index (χ4n) is 2.70. The molecule has 0 aliphatic heterocycles. The van der Waals surface area contributed by atoms with Gasteiger partial charge in [0.2, 0.25) is 0 Å². The summed E-state index contributed by atoms with van der Waals surface area (Å²) in [4.78, 5) is 22.2. The third-order valence-electron chi connectivity index (χ3n) is 4.17. The summed E-state index contributed by atoms with van der Waals surface area (Å²) in [6.07, 6.45) is 8.68. The van der Waals surface area contributed by atoms with Gasteiger partial charge in [-0.15, -0.1) is 33.2 Å². The molecule has 0 unspecified atom stereocenters. The van der Waals surface area contributed by atoms with Crippen LogP contribution in [-0.2, 0) is 16.1 Å². The Morgan fingerprint density at radius 3 is 2.11 bits per heavy atom. The first-order chi connectivity index (χ1) is 12.8. The number of halogens is 3. The lowest BCUT2D eigenvalue weighted by molar-refractivity contribution is -0.385. The van der Waals surface area contributed by atoms with Crippen LogP contribution in [0.1, 0.15) is 63.4 Å². The van der Waals surface area contributed by atoms with Gasteiger partial charge in [0, 0.05) is 12.5 Å². The number of nitrogens with zero attached hydrogens (tertiary/aromatic N) is 1. The van der Waals surface area contributed by atoms with Crippen molar-refractivity contribution < 1.29 is 14.5 Å². The number of carbonyl (C=O) groups excluding carboxylic acids is 1. The van der Waals surface area contributed by atoms with E-state index in [2.05, 4.69) is 0 Å². The highest BCUT2D eigenvalue weighted by atomic mass is 35.8. The van der Waals surface area contributed by atoms with Crippen LogP contribution < -0.4 is 0 Å². The van der Waals surface area contributed by atoms with Crippen LogP contribution in [0.4, 0.5) is 5.69 Å². The predicted molar refractivity (Wildman–Crippen MR) is 113 cm³/mol. The fourth-order valence-corrected chi connectivity index (χ4v) is 4.55. The average Bonchev–Trinajstić information content (AvgIpc) is 2.60. The van der Waals surface area contributed by atoms with Crippen LogP contribution in [0.2, 0.25) is 6.04 Å². The van der Waals surface area contributed by atoms with Crippen LogP contribution in [0, 0.1) is 10.1 Å². The quantitative estimate of drug-likeness (QED) is 0.0773. The summed E-state index contributed by atoms with van der Waals surface area (Å²) >= 11 is 17.5. The van der Waals surface area contributed by atoms with Crippen molar-refractivity contribution in [3.8, 4) is 0 Å². The zero-order chi connectivity index (χ0) is 20.1. The Labute approximate surface area is 175 Å². The highest BCUT2D eigenvalue weighted by molar-refractivity contribution is 7.64. The standard InChI is InChI=1S/C18H26Cl3NO4Si/c19-27(20,21)14-10-6-4-2-1-3-5-7-13-18(23)26-15-16-11-8-9-12-17(16)22(24)25/h8-9,11-12H,1-7,10,13-15H2. The second-order valence-electron chi connectivity index (χ2n) is 6.49. The number of benzene rings is 1. The van der Waals surface area contributed by atoms with Crippen LogP contribution in [-0.4, -0.2) is 16.9 Å². The molecule has 0 N–H and O–H groups in total. The molecule has 0 saturated carbocycles. The molecule has 9 heteroatoms. The fraction of sp³-hybridized carbons (Fsp3) is 0.611. The van der Waals surface area contributed by atoms with E-state index in [0.29, 0.717) is 12.0 Å². The molecule has 0 aliphatic rings. The Balaban J connectivity index is 2.03. The number of nitro groups is 1. The van der Waals surface area contributed by atoms with Crippen molar-refractivity contribution in [1.29, 1.82) is 0 Å². The van der Waals surface area contributed by atoms with Gasteiger partial charge >= 0.3 is 12.0 Å². The van der Waals surface area contributed by atoms with Gasteiger partial charge < -0.3 is 4.74 Å². The van der Waals surface area contributed by atoms with Crippen LogP contribution in [0.25, 0.3) is 0 Å². The third kappa shape index (κ3) is 12.3.